The van der Waals surface area contributed by atoms with Crippen molar-refractivity contribution in [2.24, 2.45) is 5.41 Å². The van der Waals surface area contributed by atoms with Crippen LogP contribution in [0.4, 0.5) is 13.2 Å². The number of ether oxygens (including phenoxy) is 1. The van der Waals surface area contributed by atoms with E-state index in [9.17, 15) is 18.0 Å². The molecule has 0 saturated heterocycles. The molecule has 2 aliphatic carbocycles. The standard InChI is InChI=1S/C14H17F3N2O2S/c1-2-21-9-6-8(13(9)4-3-5-13)19-12(20)10-11(14(15,16)17)22-7-18-10/h7-9H,2-6H2,1H3,(H,19,20)/t8-,9+/m1/s1. The Morgan fingerprint density at radius 1 is 1.55 bits per heavy atom. The molecule has 4 nitrogen and oxygen atoms in total. The van der Waals surface area contributed by atoms with Crippen molar-refractivity contribution >= 4 is 17.2 Å². The summed E-state index contributed by atoms with van der Waals surface area (Å²) in [6, 6.07) is -0.118. The molecular formula is C14H17F3N2O2S. The molecular weight excluding hydrogens is 317 g/mol. The highest BCUT2D eigenvalue weighted by molar-refractivity contribution is 7.10. The van der Waals surface area contributed by atoms with Gasteiger partial charge in [-0.2, -0.15) is 13.2 Å². The first-order valence-electron chi connectivity index (χ1n) is 7.31. The van der Waals surface area contributed by atoms with E-state index in [1.807, 2.05) is 6.92 Å². The molecule has 0 aliphatic heterocycles. The fourth-order valence-electron chi connectivity index (χ4n) is 3.48. The van der Waals surface area contributed by atoms with Gasteiger partial charge in [0.1, 0.15) is 4.88 Å². The van der Waals surface area contributed by atoms with E-state index in [-0.39, 0.29) is 17.6 Å². The molecule has 1 spiro atoms. The monoisotopic (exact) mass is 334 g/mol. The molecule has 1 heterocycles. The van der Waals surface area contributed by atoms with Crippen molar-refractivity contribution in [2.75, 3.05) is 6.61 Å². The molecule has 2 atom stereocenters. The molecule has 3 rings (SSSR count). The minimum Gasteiger partial charge on any atom is -0.378 e. The zero-order valence-corrected chi connectivity index (χ0v) is 12.9. The summed E-state index contributed by atoms with van der Waals surface area (Å²) in [6.45, 7) is 2.53. The molecule has 22 heavy (non-hydrogen) atoms. The van der Waals surface area contributed by atoms with Gasteiger partial charge in [-0.25, -0.2) is 4.98 Å². The second-order valence-corrected chi connectivity index (χ2v) is 6.68. The average Bonchev–Trinajstić information content (AvgIpc) is 2.84. The topological polar surface area (TPSA) is 51.2 Å². The maximum atomic E-state index is 12.8. The fourth-order valence-corrected chi connectivity index (χ4v) is 4.13. The molecule has 0 radical (unpaired) electrons. The lowest BCUT2D eigenvalue weighted by Gasteiger charge is -2.60. The molecule has 1 aromatic heterocycles. The number of alkyl halides is 3. The maximum absolute atomic E-state index is 12.8. The smallest absolute Gasteiger partial charge is 0.378 e. The molecule has 1 N–H and O–H groups in total. The highest BCUT2D eigenvalue weighted by atomic mass is 32.1. The van der Waals surface area contributed by atoms with E-state index in [1.54, 1.807) is 0 Å². The van der Waals surface area contributed by atoms with Gasteiger partial charge in [-0.3, -0.25) is 4.79 Å². The SMILES string of the molecule is CCO[C@H]1C[C@@H](NC(=O)c2ncsc2C(F)(F)F)C12CCC2. The summed E-state index contributed by atoms with van der Waals surface area (Å²) in [5, 5.41) is 2.74. The van der Waals surface area contributed by atoms with Gasteiger partial charge < -0.3 is 10.1 Å². The largest absolute Gasteiger partial charge is 0.427 e. The molecule has 0 unspecified atom stereocenters. The maximum Gasteiger partial charge on any atom is 0.427 e. The summed E-state index contributed by atoms with van der Waals surface area (Å²) in [4.78, 5) is 14.8. The number of rotatable bonds is 4. The first-order valence-corrected chi connectivity index (χ1v) is 8.19. The second kappa shape index (κ2) is 5.49. The number of carbonyl (C=O) groups excluding carboxylic acids is 1. The molecule has 1 aromatic rings. The summed E-state index contributed by atoms with van der Waals surface area (Å²) in [5.74, 6) is -0.736. The van der Waals surface area contributed by atoms with E-state index in [1.165, 1.54) is 0 Å². The average molecular weight is 334 g/mol. The van der Waals surface area contributed by atoms with Crippen LogP contribution < -0.4 is 5.32 Å². The first-order chi connectivity index (χ1) is 10.4. The lowest BCUT2D eigenvalue weighted by atomic mass is 9.51. The minimum atomic E-state index is -4.55. The number of hydrogen-bond acceptors (Lipinski definition) is 4. The van der Waals surface area contributed by atoms with Crippen molar-refractivity contribution < 1.29 is 22.7 Å². The van der Waals surface area contributed by atoms with Crippen LogP contribution in [0.2, 0.25) is 0 Å². The van der Waals surface area contributed by atoms with E-state index in [4.69, 9.17) is 4.74 Å². The third-order valence-electron chi connectivity index (χ3n) is 4.78. The molecule has 2 saturated carbocycles. The second-order valence-electron chi connectivity index (χ2n) is 5.82. The van der Waals surface area contributed by atoms with Crippen molar-refractivity contribution in [1.29, 1.82) is 0 Å². The summed E-state index contributed by atoms with van der Waals surface area (Å²) in [6.07, 6.45) is -0.812. The Morgan fingerprint density at radius 3 is 2.82 bits per heavy atom. The van der Waals surface area contributed by atoms with Gasteiger partial charge in [-0.05, 0) is 26.2 Å². The summed E-state index contributed by atoms with van der Waals surface area (Å²) < 4.78 is 44.2. The van der Waals surface area contributed by atoms with Crippen molar-refractivity contribution in [3.8, 4) is 0 Å². The third-order valence-corrected chi connectivity index (χ3v) is 5.65. The predicted octanol–water partition coefficient (Wildman–Crippen LogP) is 3.24. The molecule has 122 valence electrons. The molecule has 0 aromatic carbocycles. The quantitative estimate of drug-likeness (QED) is 0.920. The Labute approximate surface area is 130 Å². The van der Waals surface area contributed by atoms with E-state index >= 15 is 0 Å². The van der Waals surface area contributed by atoms with Crippen molar-refractivity contribution in [1.82, 2.24) is 10.3 Å². The molecule has 2 aliphatic rings. The van der Waals surface area contributed by atoms with E-state index in [0.29, 0.717) is 24.4 Å². The minimum absolute atomic E-state index is 0.0832. The van der Waals surface area contributed by atoms with Gasteiger partial charge in [0.05, 0.1) is 11.6 Å². The van der Waals surface area contributed by atoms with Gasteiger partial charge in [0.15, 0.2) is 5.69 Å². The van der Waals surface area contributed by atoms with Crippen LogP contribution in [-0.2, 0) is 10.9 Å². The van der Waals surface area contributed by atoms with Crippen LogP contribution >= 0.6 is 11.3 Å². The Morgan fingerprint density at radius 2 is 2.27 bits per heavy atom. The fraction of sp³-hybridized carbons (Fsp3) is 0.714. The number of amides is 1. The number of nitrogens with one attached hydrogen (secondary N) is 1. The van der Waals surface area contributed by atoms with Gasteiger partial charge in [0.25, 0.3) is 5.91 Å². The summed E-state index contributed by atoms with van der Waals surface area (Å²) in [7, 11) is 0. The Bertz CT molecular complexity index is 569. The normalized spacial score (nSPS) is 26.4. The summed E-state index contributed by atoms with van der Waals surface area (Å²) >= 11 is 0.444. The van der Waals surface area contributed by atoms with Gasteiger partial charge >= 0.3 is 6.18 Å². The number of nitrogens with zero attached hydrogens (tertiary/aromatic N) is 1. The van der Waals surface area contributed by atoms with E-state index in [2.05, 4.69) is 10.3 Å². The van der Waals surface area contributed by atoms with Gasteiger partial charge in [-0.1, -0.05) is 6.42 Å². The van der Waals surface area contributed by atoms with E-state index in [0.717, 1.165) is 24.8 Å². The van der Waals surface area contributed by atoms with Crippen molar-refractivity contribution in [3.63, 3.8) is 0 Å². The van der Waals surface area contributed by atoms with Crippen LogP contribution in [0.15, 0.2) is 5.51 Å². The lowest BCUT2D eigenvalue weighted by molar-refractivity contribution is -0.169. The third kappa shape index (κ3) is 2.42. The Balaban J connectivity index is 1.70. The Hall–Kier alpha value is -1.15. The van der Waals surface area contributed by atoms with Crippen LogP contribution in [0.5, 0.6) is 0 Å². The van der Waals surface area contributed by atoms with Crippen LogP contribution in [0.1, 0.15) is 48.0 Å². The van der Waals surface area contributed by atoms with E-state index < -0.39 is 22.7 Å². The zero-order chi connectivity index (χ0) is 16.0. The number of aromatic nitrogens is 1. The number of carbonyl (C=O) groups is 1. The highest BCUT2D eigenvalue weighted by Crippen LogP contribution is 2.57. The van der Waals surface area contributed by atoms with Crippen molar-refractivity contribution in [3.05, 3.63) is 16.1 Å². The number of halogens is 3. The van der Waals surface area contributed by atoms with Gasteiger partial charge in [0.2, 0.25) is 0 Å². The molecule has 8 heteroatoms. The number of hydrogen-bond donors (Lipinski definition) is 1. The Kier molecular flexibility index (Phi) is 3.92. The first kappa shape index (κ1) is 15.7. The van der Waals surface area contributed by atoms with Crippen molar-refractivity contribution in [2.45, 2.75) is 50.9 Å². The van der Waals surface area contributed by atoms with Crippen LogP contribution in [-0.4, -0.2) is 29.6 Å². The highest BCUT2D eigenvalue weighted by Gasteiger charge is 2.59. The summed E-state index contributed by atoms with van der Waals surface area (Å²) in [5.41, 5.74) is 0.451. The molecule has 0 bridgehead atoms. The van der Waals surface area contributed by atoms with Gasteiger partial charge in [-0.15, -0.1) is 11.3 Å². The lowest BCUT2D eigenvalue weighted by Crippen LogP contribution is -2.67. The zero-order valence-electron chi connectivity index (χ0n) is 12.1. The number of thiazole rings is 1. The van der Waals surface area contributed by atoms with Crippen LogP contribution in [0.25, 0.3) is 0 Å². The van der Waals surface area contributed by atoms with Crippen LogP contribution in [0, 0.1) is 5.41 Å². The predicted molar refractivity (Wildman–Crippen MR) is 74.7 cm³/mol. The molecule has 2 fully saturated rings. The van der Waals surface area contributed by atoms with Crippen LogP contribution in [0.3, 0.4) is 0 Å². The molecule has 1 amide bonds. The van der Waals surface area contributed by atoms with Gasteiger partial charge in [0, 0.05) is 18.1 Å².